The number of carboxylic acids is 1. The molecule has 10 nitrogen and oxygen atoms in total. The number of hydrogen-bond donors (Lipinski definition) is 3. The average Bonchev–Trinajstić information content (AvgIpc) is 3.02. The number of oxime groups is 1. The molecular weight excluding hydrogens is 394 g/mol. The van der Waals surface area contributed by atoms with Gasteiger partial charge in [-0.15, -0.1) is 23.1 Å². The second-order valence-electron chi connectivity index (χ2n) is 5.88. The molecule has 1 aromatic heterocycles. The molecular formula is C15H17N5O5S2. The molecule has 1 fully saturated rings. The standard InChI is InChI=1S/C15H17N5O5S2/c1-5-10-9(13(22)20(10)11(14(23)24)6(2)27-5)18-12(21)8(19-25-3)7-4-26-15(16)17-7/h4-5,9-10H,1-3H3,(H2,16,17)(H,18,21)(H,23,24)/b19-8+/t5-,9+,10+/m1/s1. The Labute approximate surface area is 162 Å². The van der Waals surface area contributed by atoms with Gasteiger partial charge in [0.1, 0.15) is 24.5 Å². The Morgan fingerprint density at radius 2 is 2.19 bits per heavy atom. The number of hydrogen-bond acceptors (Lipinski definition) is 9. The number of aromatic nitrogens is 1. The second kappa shape index (κ2) is 7.19. The molecule has 2 aliphatic heterocycles. The zero-order valence-corrected chi connectivity index (χ0v) is 16.3. The summed E-state index contributed by atoms with van der Waals surface area (Å²) in [5.41, 5.74) is 5.66. The Balaban J connectivity index is 1.82. The number of nitrogens with two attached hydrogens (primary N) is 1. The minimum Gasteiger partial charge on any atom is -0.477 e. The fourth-order valence-corrected chi connectivity index (χ4v) is 4.95. The van der Waals surface area contributed by atoms with E-state index in [1.807, 2.05) is 6.92 Å². The molecule has 0 bridgehead atoms. The molecule has 4 N–H and O–H groups in total. The fraction of sp³-hybridized carbons (Fsp3) is 0.400. The SMILES string of the molecule is CO/N=C(/C(=O)N[C@@H]1C(=O)N2C(C(=O)O)=C(C)S[C@H](C)[C@@H]12)c1csc(N)n1. The van der Waals surface area contributed by atoms with Crippen LogP contribution in [0.5, 0.6) is 0 Å². The molecule has 0 aromatic carbocycles. The lowest BCUT2D eigenvalue weighted by Gasteiger charge is -2.52. The number of rotatable bonds is 5. The van der Waals surface area contributed by atoms with Gasteiger partial charge in [-0.3, -0.25) is 14.5 Å². The van der Waals surface area contributed by atoms with Crippen molar-refractivity contribution in [1.82, 2.24) is 15.2 Å². The maximum absolute atomic E-state index is 12.6. The third-order valence-electron chi connectivity index (χ3n) is 4.21. The summed E-state index contributed by atoms with van der Waals surface area (Å²) in [5, 5.41) is 17.4. The quantitative estimate of drug-likeness (QED) is 0.354. The van der Waals surface area contributed by atoms with E-state index in [2.05, 4.69) is 15.5 Å². The molecule has 0 spiro atoms. The molecule has 3 atom stereocenters. The van der Waals surface area contributed by atoms with Crippen LogP contribution in [0.4, 0.5) is 5.13 Å². The molecule has 2 aliphatic rings. The number of β-lactam (4-membered cyclic amide) rings is 1. The van der Waals surface area contributed by atoms with Gasteiger partial charge >= 0.3 is 5.97 Å². The van der Waals surface area contributed by atoms with Crippen molar-refractivity contribution in [2.75, 3.05) is 12.8 Å². The zero-order valence-electron chi connectivity index (χ0n) is 14.6. The molecule has 0 aliphatic carbocycles. The number of thiazole rings is 1. The Morgan fingerprint density at radius 1 is 1.48 bits per heavy atom. The number of nitrogen functional groups attached to an aromatic ring is 1. The lowest BCUT2D eigenvalue weighted by molar-refractivity contribution is -0.154. The largest absolute Gasteiger partial charge is 0.477 e. The van der Waals surface area contributed by atoms with Crippen LogP contribution in [-0.4, -0.2) is 62.9 Å². The number of carbonyl (C=O) groups excluding carboxylic acids is 2. The molecule has 3 heterocycles. The second-order valence-corrected chi connectivity index (χ2v) is 8.36. The van der Waals surface area contributed by atoms with Gasteiger partial charge in [0.15, 0.2) is 10.8 Å². The number of thioether (sulfide) groups is 1. The van der Waals surface area contributed by atoms with Gasteiger partial charge in [-0.2, -0.15) is 0 Å². The van der Waals surface area contributed by atoms with E-state index in [-0.39, 0.29) is 27.5 Å². The third-order valence-corrected chi connectivity index (χ3v) is 6.08. The number of nitrogens with one attached hydrogen (secondary N) is 1. The third kappa shape index (κ3) is 3.25. The summed E-state index contributed by atoms with van der Waals surface area (Å²) in [5.74, 6) is -2.30. The fourth-order valence-electron chi connectivity index (χ4n) is 3.13. The van der Waals surface area contributed by atoms with Crippen molar-refractivity contribution >= 4 is 51.7 Å². The van der Waals surface area contributed by atoms with Crippen molar-refractivity contribution in [3.05, 3.63) is 21.7 Å². The first-order chi connectivity index (χ1) is 12.8. The minimum absolute atomic E-state index is 0.0448. The topological polar surface area (TPSA) is 147 Å². The van der Waals surface area contributed by atoms with Gasteiger partial charge in [0.2, 0.25) is 0 Å². The van der Waals surface area contributed by atoms with Gasteiger partial charge in [0.25, 0.3) is 11.8 Å². The summed E-state index contributed by atoms with van der Waals surface area (Å²) in [6, 6.07) is -1.33. The number of aliphatic carboxylic acids is 1. The summed E-state index contributed by atoms with van der Waals surface area (Å²) in [6.07, 6.45) is 0. The summed E-state index contributed by atoms with van der Waals surface area (Å²) >= 11 is 2.50. The van der Waals surface area contributed by atoms with Crippen LogP contribution < -0.4 is 11.1 Å². The molecule has 0 saturated carbocycles. The predicted molar refractivity (Wildman–Crippen MR) is 100 cm³/mol. The van der Waals surface area contributed by atoms with Crippen LogP contribution in [0.15, 0.2) is 21.1 Å². The van der Waals surface area contributed by atoms with Crippen molar-refractivity contribution in [2.45, 2.75) is 31.2 Å². The maximum atomic E-state index is 12.6. The van der Waals surface area contributed by atoms with Gasteiger partial charge in [-0.05, 0) is 6.92 Å². The maximum Gasteiger partial charge on any atom is 0.353 e. The van der Waals surface area contributed by atoms with E-state index >= 15 is 0 Å². The highest BCUT2D eigenvalue weighted by Gasteiger charge is 2.56. The average molecular weight is 411 g/mol. The lowest BCUT2D eigenvalue weighted by Crippen LogP contribution is -2.74. The molecule has 0 unspecified atom stereocenters. The number of anilines is 1. The van der Waals surface area contributed by atoms with E-state index in [1.54, 1.807) is 12.3 Å². The normalized spacial score (nSPS) is 25.0. The molecule has 1 saturated heterocycles. The summed E-state index contributed by atoms with van der Waals surface area (Å²) in [4.78, 5) is 47.2. The summed E-state index contributed by atoms with van der Waals surface area (Å²) in [6.45, 7) is 3.54. The van der Waals surface area contributed by atoms with Gasteiger partial charge in [0.05, 0.1) is 6.04 Å². The van der Waals surface area contributed by atoms with E-state index in [9.17, 15) is 19.5 Å². The van der Waals surface area contributed by atoms with E-state index in [0.717, 1.165) is 11.3 Å². The molecule has 1 aromatic rings. The van der Waals surface area contributed by atoms with Crippen LogP contribution in [-0.2, 0) is 19.2 Å². The van der Waals surface area contributed by atoms with Crippen molar-refractivity contribution < 1.29 is 24.3 Å². The number of carboxylic acid groups (broad SMARTS) is 1. The Bertz CT molecular complexity index is 880. The highest BCUT2D eigenvalue weighted by atomic mass is 32.2. The first-order valence-corrected chi connectivity index (χ1v) is 9.59. The van der Waals surface area contributed by atoms with E-state index in [4.69, 9.17) is 10.6 Å². The molecule has 2 amide bonds. The Morgan fingerprint density at radius 3 is 2.74 bits per heavy atom. The molecule has 144 valence electrons. The van der Waals surface area contributed by atoms with Crippen molar-refractivity contribution in [1.29, 1.82) is 0 Å². The molecule has 27 heavy (non-hydrogen) atoms. The lowest BCUT2D eigenvalue weighted by atomic mass is 9.90. The van der Waals surface area contributed by atoms with Crippen LogP contribution in [0.3, 0.4) is 0 Å². The van der Waals surface area contributed by atoms with Crippen LogP contribution in [0.2, 0.25) is 0 Å². The smallest absolute Gasteiger partial charge is 0.353 e. The van der Waals surface area contributed by atoms with Crippen molar-refractivity contribution in [2.24, 2.45) is 5.16 Å². The highest BCUT2D eigenvalue weighted by Crippen LogP contribution is 2.43. The summed E-state index contributed by atoms with van der Waals surface area (Å²) in [7, 11) is 1.28. The van der Waals surface area contributed by atoms with Crippen LogP contribution in [0.1, 0.15) is 19.5 Å². The molecule has 0 radical (unpaired) electrons. The van der Waals surface area contributed by atoms with Crippen LogP contribution >= 0.6 is 23.1 Å². The molecule has 12 heteroatoms. The highest BCUT2D eigenvalue weighted by molar-refractivity contribution is 8.03. The number of fused-ring (bicyclic) bond motifs is 1. The molecule has 3 rings (SSSR count). The predicted octanol–water partition coefficient (Wildman–Crippen LogP) is 0.223. The first kappa shape index (κ1) is 19.2. The summed E-state index contributed by atoms with van der Waals surface area (Å²) < 4.78 is 0. The van der Waals surface area contributed by atoms with Crippen molar-refractivity contribution in [3.63, 3.8) is 0 Å². The Kier molecular flexibility index (Phi) is 5.11. The van der Waals surface area contributed by atoms with E-state index < -0.39 is 29.9 Å². The Hall–Kier alpha value is -2.60. The van der Waals surface area contributed by atoms with E-state index in [0.29, 0.717) is 4.91 Å². The van der Waals surface area contributed by atoms with Crippen LogP contribution in [0.25, 0.3) is 0 Å². The van der Waals surface area contributed by atoms with E-state index in [1.165, 1.54) is 23.8 Å². The number of allylic oxidation sites excluding steroid dienone is 1. The van der Waals surface area contributed by atoms with Crippen molar-refractivity contribution in [3.8, 4) is 0 Å². The monoisotopic (exact) mass is 411 g/mol. The van der Waals surface area contributed by atoms with Crippen LogP contribution in [0, 0.1) is 0 Å². The first-order valence-electron chi connectivity index (χ1n) is 7.83. The number of nitrogens with zero attached hydrogens (tertiary/aromatic N) is 3. The minimum atomic E-state index is -1.17. The number of carbonyl (C=O) groups is 3. The van der Waals surface area contributed by atoms with Gasteiger partial charge in [-0.25, -0.2) is 9.78 Å². The van der Waals surface area contributed by atoms with Gasteiger partial charge in [0, 0.05) is 15.5 Å². The zero-order chi connectivity index (χ0) is 19.9. The van der Waals surface area contributed by atoms with Gasteiger partial charge < -0.3 is 21.0 Å². The number of amides is 2. The van der Waals surface area contributed by atoms with Gasteiger partial charge in [-0.1, -0.05) is 12.1 Å².